The SMILES string of the molecule is COc1ccc(CN2CCc3cc(Nc4cc([C@H]5CC[C@@H](OC(=O)Oc6ccc([N+](=O)[O-])cc6)C5)nn4C(C)(C)C)ccc3S2(=O)=O)cc1. The number of rotatable bonds is 9. The molecule has 13 nitrogen and oxygen atoms in total. The number of methoxy groups -OCH3 is 1. The molecule has 1 N–H and O–H groups in total. The summed E-state index contributed by atoms with van der Waals surface area (Å²) in [7, 11) is -2.08. The summed E-state index contributed by atoms with van der Waals surface area (Å²) in [4.78, 5) is 23.1. The van der Waals surface area contributed by atoms with Gasteiger partial charge < -0.3 is 19.5 Å². The summed E-state index contributed by atoms with van der Waals surface area (Å²) in [5.41, 5.74) is 2.81. The lowest BCUT2D eigenvalue weighted by atomic mass is 10.0. The van der Waals surface area contributed by atoms with E-state index in [0.29, 0.717) is 30.7 Å². The van der Waals surface area contributed by atoms with Crippen LogP contribution >= 0.6 is 0 Å². The highest BCUT2D eigenvalue weighted by Crippen LogP contribution is 2.39. The van der Waals surface area contributed by atoms with Crippen LogP contribution in [0.3, 0.4) is 0 Å². The molecule has 1 aliphatic carbocycles. The Kier molecular flexibility index (Phi) is 9.36. The maximum absolute atomic E-state index is 13.6. The lowest BCUT2D eigenvalue weighted by Crippen LogP contribution is -2.36. The molecule has 0 bridgehead atoms. The van der Waals surface area contributed by atoms with Crippen molar-refractivity contribution in [1.82, 2.24) is 14.1 Å². The van der Waals surface area contributed by atoms with Crippen molar-refractivity contribution < 1.29 is 32.3 Å². The fourth-order valence-electron chi connectivity index (χ4n) is 6.26. The number of carbonyl (C=O) groups is 1. The highest BCUT2D eigenvalue weighted by molar-refractivity contribution is 7.89. The van der Waals surface area contributed by atoms with Gasteiger partial charge in [-0.15, -0.1) is 0 Å². The molecule has 4 aromatic rings. The molecule has 2 heterocycles. The molecule has 2 aliphatic rings. The number of nitrogens with zero attached hydrogens (tertiary/aromatic N) is 4. The lowest BCUT2D eigenvalue weighted by Gasteiger charge is -2.29. The Morgan fingerprint density at radius 3 is 2.41 bits per heavy atom. The number of nitro groups is 1. The molecule has 1 aliphatic heterocycles. The fourth-order valence-corrected chi connectivity index (χ4v) is 7.92. The van der Waals surface area contributed by atoms with E-state index in [1.54, 1.807) is 19.2 Å². The van der Waals surface area contributed by atoms with E-state index in [1.165, 1.54) is 28.6 Å². The van der Waals surface area contributed by atoms with Crippen LogP contribution in [0.5, 0.6) is 11.5 Å². The normalized spacial score (nSPS) is 18.8. The van der Waals surface area contributed by atoms with E-state index in [-0.39, 0.29) is 35.5 Å². The molecule has 14 heteroatoms. The maximum Gasteiger partial charge on any atom is 0.514 e. The molecule has 1 aromatic heterocycles. The minimum Gasteiger partial charge on any atom is -0.497 e. The molecule has 258 valence electrons. The number of carbonyl (C=O) groups excluding carboxylic acids is 1. The summed E-state index contributed by atoms with van der Waals surface area (Å²) in [6.45, 7) is 6.83. The van der Waals surface area contributed by atoms with Gasteiger partial charge in [0.05, 0.1) is 28.2 Å². The molecular weight excluding hydrogens is 650 g/mol. The monoisotopic (exact) mass is 689 g/mol. The lowest BCUT2D eigenvalue weighted by molar-refractivity contribution is -0.384. The number of ether oxygens (including phenoxy) is 3. The van der Waals surface area contributed by atoms with Gasteiger partial charge in [0.1, 0.15) is 23.4 Å². The van der Waals surface area contributed by atoms with Crippen molar-refractivity contribution in [2.24, 2.45) is 0 Å². The first-order valence-electron chi connectivity index (χ1n) is 16.1. The second kappa shape index (κ2) is 13.5. The van der Waals surface area contributed by atoms with E-state index in [2.05, 4.69) is 26.1 Å². The molecular formula is C35H39N5O8S. The van der Waals surface area contributed by atoms with Crippen molar-refractivity contribution in [3.05, 3.63) is 99.7 Å². The number of non-ortho nitro benzene ring substituents is 1. The Morgan fingerprint density at radius 2 is 1.73 bits per heavy atom. The predicted molar refractivity (Wildman–Crippen MR) is 182 cm³/mol. The van der Waals surface area contributed by atoms with Crippen molar-refractivity contribution >= 4 is 33.4 Å². The van der Waals surface area contributed by atoms with Gasteiger partial charge in [0, 0.05) is 42.9 Å². The number of benzene rings is 3. The number of sulfonamides is 1. The van der Waals surface area contributed by atoms with Crippen molar-refractivity contribution in [1.29, 1.82) is 0 Å². The zero-order valence-electron chi connectivity index (χ0n) is 27.8. The van der Waals surface area contributed by atoms with Gasteiger partial charge in [0.15, 0.2) is 0 Å². The van der Waals surface area contributed by atoms with Gasteiger partial charge in [-0.2, -0.15) is 9.40 Å². The van der Waals surface area contributed by atoms with Crippen molar-refractivity contribution in [2.45, 2.75) is 75.5 Å². The Morgan fingerprint density at radius 1 is 1.02 bits per heavy atom. The first-order valence-corrected chi connectivity index (χ1v) is 17.5. The first kappa shape index (κ1) is 33.9. The molecule has 49 heavy (non-hydrogen) atoms. The van der Waals surface area contributed by atoms with E-state index in [4.69, 9.17) is 19.3 Å². The molecule has 2 atom stereocenters. The zero-order chi connectivity index (χ0) is 34.9. The second-order valence-electron chi connectivity index (χ2n) is 13.3. The Bertz CT molecular complexity index is 1950. The van der Waals surface area contributed by atoms with Crippen molar-refractivity contribution in [3.8, 4) is 11.5 Å². The second-order valence-corrected chi connectivity index (χ2v) is 15.2. The molecule has 0 radical (unpaired) electrons. The molecule has 1 saturated carbocycles. The summed E-state index contributed by atoms with van der Waals surface area (Å²) >= 11 is 0. The van der Waals surface area contributed by atoms with Crippen LogP contribution in [0.15, 0.2) is 77.7 Å². The summed E-state index contributed by atoms with van der Waals surface area (Å²) in [6.07, 6.45) is 1.33. The van der Waals surface area contributed by atoms with Gasteiger partial charge >= 0.3 is 6.16 Å². The molecule has 1 fully saturated rings. The first-order chi connectivity index (χ1) is 23.3. The zero-order valence-corrected chi connectivity index (χ0v) is 28.6. The Balaban J connectivity index is 1.12. The molecule has 0 unspecified atom stereocenters. The summed E-state index contributed by atoms with van der Waals surface area (Å²) in [5, 5.41) is 19.3. The third kappa shape index (κ3) is 7.55. The standard InChI is InChI=1S/C35H39N5O8S/c1-35(2,3)39-33(21-31(37-39)24-7-13-30(20-24)48-34(41)47-29-14-9-27(10-15-29)40(42)43)36-26-8-16-32-25(19-26)17-18-38(49(32,44)45)22-23-5-11-28(46-4)12-6-23/h5-6,8-12,14-16,19,21,24,30,36H,7,13,17-18,20,22H2,1-4H3/t24-,30+/m0/s1. The van der Waals surface area contributed by atoms with Gasteiger partial charge in [-0.25, -0.2) is 17.9 Å². The van der Waals surface area contributed by atoms with Crippen LogP contribution in [0.2, 0.25) is 0 Å². The number of anilines is 2. The molecule has 3 aromatic carbocycles. The smallest absolute Gasteiger partial charge is 0.497 e. The van der Waals surface area contributed by atoms with Crippen molar-refractivity contribution in [3.63, 3.8) is 0 Å². The minimum atomic E-state index is -3.67. The molecule has 0 saturated heterocycles. The third-order valence-electron chi connectivity index (χ3n) is 8.78. The highest BCUT2D eigenvalue weighted by Gasteiger charge is 2.34. The fraction of sp³-hybridized carbons (Fsp3) is 0.371. The predicted octanol–water partition coefficient (Wildman–Crippen LogP) is 6.90. The van der Waals surface area contributed by atoms with Crippen LogP contribution in [0.4, 0.5) is 22.0 Å². The number of hydrogen-bond acceptors (Lipinski definition) is 10. The van der Waals surface area contributed by atoms with E-state index in [0.717, 1.165) is 40.5 Å². The molecule has 0 spiro atoms. The van der Waals surface area contributed by atoms with Crippen LogP contribution in [0, 0.1) is 10.1 Å². The topological polar surface area (TPSA) is 155 Å². The molecule has 0 amide bonds. The van der Waals surface area contributed by atoms with E-state index in [1.807, 2.05) is 41.1 Å². The Hall–Kier alpha value is -4.95. The summed E-state index contributed by atoms with van der Waals surface area (Å²) < 4.78 is 46.6. The van der Waals surface area contributed by atoms with Gasteiger partial charge in [0.25, 0.3) is 5.69 Å². The maximum atomic E-state index is 13.6. The minimum absolute atomic E-state index is 0.0479. The van der Waals surface area contributed by atoms with Gasteiger partial charge in [-0.05, 0) is 100 Å². The van der Waals surface area contributed by atoms with Crippen LogP contribution in [-0.4, -0.2) is 53.3 Å². The van der Waals surface area contributed by atoms with Crippen LogP contribution in [0.1, 0.15) is 62.8 Å². The van der Waals surface area contributed by atoms with Crippen molar-refractivity contribution in [2.75, 3.05) is 19.0 Å². The number of aromatic nitrogens is 2. The average molecular weight is 690 g/mol. The number of fused-ring (bicyclic) bond motifs is 1. The molecule has 6 rings (SSSR count). The number of nitrogens with one attached hydrogen (secondary N) is 1. The largest absolute Gasteiger partial charge is 0.514 e. The average Bonchev–Trinajstić information content (AvgIpc) is 3.70. The quantitative estimate of drug-likeness (QED) is 0.0849. The Labute approximate surface area is 285 Å². The van der Waals surface area contributed by atoms with E-state index in [9.17, 15) is 23.3 Å². The van der Waals surface area contributed by atoms with Gasteiger partial charge in [-0.1, -0.05) is 12.1 Å². The van der Waals surface area contributed by atoms with Crippen LogP contribution < -0.4 is 14.8 Å². The van der Waals surface area contributed by atoms with E-state index < -0.39 is 21.1 Å². The van der Waals surface area contributed by atoms with Gasteiger partial charge in [0.2, 0.25) is 10.0 Å². The van der Waals surface area contributed by atoms with Crippen LogP contribution in [-0.2, 0) is 33.3 Å². The third-order valence-corrected chi connectivity index (χ3v) is 10.7. The highest BCUT2D eigenvalue weighted by atomic mass is 32.2. The summed E-state index contributed by atoms with van der Waals surface area (Å²) in [5.74, 6) is 1.70. The van der Waals surface area contributed by atoms with Gasteiger partial charge in [-0.3, -0.25) is 10.1 Å². The van der Waals surface area contributed by atoms with Crippen LogP contribution in [0.25, 0.3) is 0 Å². The van der Waals surface area contributed by atoms with E-state index >= 15 is 0 Å². The summed E-state index contributed by atoms with van der Waals surface area (Å²) in [6, 6.07) is 20.0. The number of nitro benzene ring substituents is 1. The number of hydrogen-bond donors (Lipinski definition) is 1.